The Morgan fingerprint density at radius 3 is 1.38 bits per heavy atom. The summed E-state index contributed by atoms with van der Waals surface area (Å²) in [4.78, 5) is 0.0675. The first-order chi connectivity index (χ1) is 22.4. The molecule has 0 heterocycles. The summed E-state index contributed by atoms with van der Waals surface area (Å²) in [6.07, 6.45) is 2.44. The summed E-state index contributed by atoms with van der Waals surface area (Å²) >= 11 is 0. The van der Waals surface area contributed by atoms with Crippen LogP contribution in [0.3, 0.4) is 0 Å². The van der Waals surface area contributed by atoms with Crippen molar-refractivity contribution >= 4 is 31.7 Å². The molecule has 0 amide bonds. The van der Waals surface area contributed by atoms with E-state index >= 15 is 0 Å². The molecule has 0 aliphatic carbocycles. The average molecular weight is 679 g/mol. The maximum atomic E-state index is 12.7. The zero-order valence-corrected chi connectivity index (χ0v) is 27.2. The lowest BCUT2D eigenvalue weighted by Gasteiger charge is -2.11. The fourth-order valence-corrected chi connectivity index (χ4v) is 6.56. The number of rotatable bonds is 18. The third kappa shape index (κ3) is 10.6. The smallest absolute Gasteiger partial charge is 0.240 e. The van der Waals surface area contributed by atoms with Gasteiger partial charge in [-0.2, -0.15) is 0 Å². The van der Waals surface area contributed by atoms with Gasteiger partial charge in [0, 0.05) is 24.2 Å². The molecule has 0 aliphatic heterocycles. The first-order valence-electron chi connectivity index (χ1n) is 14.7. The molecule has 0 saturated heterocycles. The number of nitrogens with two attached hydrogens (primary N) is 2. The van der Waals surface area contributed by atoms with Crippen molar-refractivity contribution in [2.75, 3.05) is 13.2 Å². The second kappa shape index (κ2) is 16.2. The molecule has 14 heteroatoms. The third-order valence-corrected chi connectivity index (χ3v) is 9.76. The Morgan fingerprint density at radius 2 is 0.979 bits per heavy atom. The molecule has 0 saturated carbocycles. The van der Waals surface area contributed by atoms with Crippen LogP contribution in [-0.4, -0.2) is 41.7 Å². The fourth-order valence-electron chi connectivity index (χ4n) is 4.44. The molecule has 0 aromatic heterocycles. The number of hydrogen-bond acceptors (Lipinski definition) is 8. The molecule has 0 radical (unpaired) electrons. The van der Waals surface area contributed by atoms with E-state index in [1.165, 1.54) is 24.3 Å². The van der Waals surface area contributed by atoms with Gasteiger partial charge in [-0.3, -0.25) is 10.8 Å². The van der Waals surface area contributed by atoms with Crippen LogP contribution in [0.25, 0.3) is 0 Å². The van der Waals surface area contributed by atoms with Crippen molar-refractivity contribution < 1.29 is 26.3 Å². The highest BCUT2D eigenvalue weighted by atomic mass is 32.2. The van der Waals surface area contributed by atoms with Crippen molar-refractivity contribution in [1.82, 2.24) is 9.44 Å². The van der Waals surface area contributed by atoms with E-state index in [0.29, 0.717) is 35.8 Å². The lowest BCUT2D eigenvalue weighted by Crippen LogP contribution is -2.23. The van der Waals surface area contributed by atoms with E-state index < -0.39 is 20.0 Å². The largest absolute Gasteiger partial charge is 0.494 e. The highest BCUT2D eigenvalue weighted by Crippen LogP contribution is 2.18. The summed E-state index contributed by atoms with van der Waals surface area (Å²) in [6, 6.07) is 26.3. The average Bonchev–Trinajstić information content (AvgIpc) is 3.06. The SMILES string of the molecule is N=C(N)c1cccc(S(=O)(=O)NCc2cccc(OCCCCCOc3cccc(CNS(=O)(=O)c4cccc(C(=N)N)c4)c3)c2)c1. The van der Waals surface area contributed by atoms with Gasteiger partial charge in [-0.05, 0) is 78.9 Å². The van der Waals surface area contributed by atoms with Crippen LogP contribution in [0.15, 0.2) is 107 Å². The molecule has 4 rings (SSSR count). The molecule has 248 valence electrons. The second-order valence-electron chi connectivity index (χ2n) is 10.6. The number of nitrogens with one attached hydrogen (secondary N) is 4. The lowest BCUT2D eigenvalue weighted by atomic mass is 10.2. The summed E-state index contributed by atoms with van der Waals surface area (Å²) in [5, 5.41) is 15.0. The first-order valence-corrected chi connectivity index (χ1v) is 17.7. The van der Waals surface area contributed by atoms with Gasteiger partial charge in [-0.1, -0.05) is 48.5 Å². The Bertz CT molecular complexity index is 1790. The first kappa shape index (κ1) is 35.1. The Morgan fingerprint density at radius 1 is 0.574 bits per heavy atom. The van der Waals surface area contributed by atoms with Gasteiger partial charge in [0.2, 0.25) is 20.0 Å². The third-order valence-electron chi connectivity index (χ3n) is 6.97. The van der Waals surface area contributed by atoms with Crippen molar-refractivity contribution in [1.29, 1.82) is 10.8 Å². The molecule has 0 spiro atoms. The van der Waals surface area contributed by atoms with Gasteiger partial charge >= 0.3 is 0 Å². The molecule has 0 bridgehead atoms. The van der Waals surface area contributed by atoms with Crippen molar-refractivity contribution in [3.05, 3.63) is 119 Å². The highest BCUT2D eigenvalue weighted by molar-refractivity contribution is 7.89. The molecule has 8 N–H and O–H groups in total. The maximum Gasteiger partial charge on any atom is 0.240 e. The second-order valence-corrected chi connectivity index (χ2v) is 14.1. The molecule has 47 heavy (non-hydrogen) atoms. The Kier molecular flexibility index (Phi) is 12.1. The molecular weight excluding hydrogens is 641 g/mol. The van der Waals surface area contributed by atoms with Crippen molar-refractivity contribution in [2.45, 2.75) is 42.1 Å². The summed E-state index contributed by atoms with van der Waals surface area (Å²) in [5.74, 6) is 0.856. The van der Waals surface area contributed by atoms with E-state index in [9.17, 15) is 16.8 Å². The summed E-state index contributed by atoms with van der Waals surface area (Å²) in [6.45, 7) is 1.11. The van der Waals surface area contributed by atoms with Crippen LogP contribution in [0.2, 0.25) is 0 Å². The number of nitrogen functional groups attached to an aromatic ring is 2. The maximum absolute atomic E-state index is 12.7. The molecule has 12 nitrogen and oxygen atoms in total. The van der Waals surface area contributed by atoms with Crippen LogP contribution in [-0.2, 0) is 33.1 Å². The summed E-state index contributed by atoms with van der Waals surface area (Å²) < 4.78 is 67.7. The van der Waals surface area contributed by atoms with Gasteiger partial charge in [-0.25, -0.2) is 26.3 Å². The quantitative estimate of drug-likeness (QED) is 0.0516. The van der Waals surface area contributed by atoms with Crippen LogP contribution >= 0.6 is 0 Å². The minimum atomic E-state index is -3.79. The van der Waals surface area contributed by atoms with E-state index in [1.807, 2.05) is 12.1 Å². The van der Waals surface area contributed by atoms with Crippen LogP contribution < -0.4 is 30.4 Å². The van der Waals surface area contributed by atoms with Crippen molar-refractivity contribution in [3.63, 3.8) is 0 Å². The van der Waals surface area contributed by atoms with Gasteiger partial charge < -0.3 is 20.9 Å². The summed E-state index contributed by atoms with van der Waals surface area (Å²) in [7, 11) is -7.59. The van der Waals surface area contributed by atoms with Crippen LogP contribution in [0, 0.1) is 10.8 Å². The monoisotopic (exact) mass is 678 g/mol. The Hall–Kier alpha value is -4.76. The van der Waals surface area contributed by atoms with Gasteiger partial charge in [0.15, 0.2) is 0 Å². The normalized spacial score (nSPS) is 11.6. The topological polar surface area (TPSA) is 211 Å². The number of hydrogen-bond donors (Lipinski definition) is 6. The molecule has 0 unspecified atom stereocenters. The van der Waals surface area contributed by atoms with Crippen LogP contribution in [0.5, 0.6) is 11.5 Å². The van der Waals surface area contributed by atoms with E-state index in [0.717, 1.165) is 30.4 Å². The lowest BCUT2D eigenvalue weighted by molar-refractivity contribution is 0.279. The number of ether oxygens (including phenoxy) is 2. The van der Waals surface area contributed by atoms with Crippen molar-refractivity contribution in [2.24, 2.45) is 11.5 Å². The van der Waals surface area contributed by atoms with Crippen LogP contribution in [0.1, 0.15) is 41.5 Å². The number of sulfonamides is 2. The van der Waals surface area contributed by atoms with E-state index in [2.05, 4.69) is 9.44 Å². The van der Waals surface area contributed by atoms with Gasteiger partial charge in [0.25, 0.3) is 0 Å². The minimum Gasteiger partial charge on any atom is -0.494 e. The number of amidine groups is 2. The zero-order valence-electron chi connectivity index (χ0n) is 25.6. The Labute approximate surface area is 275 Å². The van der Waals surface area contributed by atoms with E-state index in [1.54, 1.807) is 60.7 Å². The summed E-state index contributed by atoms with van der Waals surface area (Å²) in [5.41, 5.74) is 13.1. The minimum absolute atomic E-state index is 0.0338. The molecule has 4 aromatic carbocycles. The van der Waals surface area contributed by atoms with Crippen molar-refractivity contribution in [3.8, 4) is 11.5 Å². The predicted octanol–water partition coefficient (Wildman–Crippen LogP) is 3.84. The molecule has 0 atom stereocenters. The molecule has 4 aromatic rings. The fraction of sp³-hybridized carbons (Fsp3) is 0.212. The van der Waals surface area contributed by atoms with Gasteiger partial charge in [0.05, 0.1) is 23.0 Å². The number of benzene rings is 4. The molecular formula is C33H38N6O6S2. The standard InChI is InChI=1S/C33H38N6O6S2/c34-32(35)26-10-6-14-30(20-26)46(40,41)38-22-24-8-4-12-28(18-24)44-16-2-1-3-17-45-29-13-5-9-25(19-29)23-39-47(42,43)31-15-7-11-27(21-31)33(36)37/h4-15,18-21,38-39H,1-3,16-17,22-23H2,(H3,34,35)(H3,36,37). The van der Waals surface area contributed by atoms with Crippen LogP contribution in [0.4, 0.5) is 0 Å². The predicted molar refractivity (Wildman–Crippen MR) is 181 cm³/mol. The molecule has 0 fully saturated rings. The van der Waals surface area contributed by atoms with Gasteiger partial charge in [0.1, 0.15) is 23.2 Å². The Balaban J connectivity index is 1.16. The zero-order chi connectivity index (χ0) is 33.9. The molecule has 0 aliphatic rings. The highest BCUT2D eigenvalue weighted by Gasteiger charge is 2.16. The van der Waals surface area contributed by atoms with E-state index in [-0.39, 0.29) is 34.6 Å². The number of unbranched alkanes of at least 4 members (excludes halogenated alkanes) is 2. The van der Waals surface area contributed by atoms with E-state index in [4.69, 9.17) is 31.8 Å². The van der Waals surface area contributed by atoms with Gasteiger partial charge in [-0.15, -0.1) is 0 Å².